The smallest absolute Gasteiger partial charge is 0.224 e. The molecule has 0 amide bonds. The van der Waals surface area contributed by atoms with Crippen LogP contribution in [0.5, 0.6) is 0 Å². The Balaban J connectivity index is 1.82. The van der Waals surface area contributed by atoms with E-state index in [9.17, 15) is 0 Å². The van der Waals surface area contributed by atoms with Crippen LogP contribution in [0, 0.1) is 0 Å². The maximum Gasteiger partial charge on any atom is 0.224 e. The Morgan fingerprint density at radius 2 is 2.10 bits per heavy atom. The van der Waals surface area contributed by atoms with Gasteiger partial charge in [-0.05, 0) is 12.1 Å². The molecule has 2 N–H and O–H groups in total. The van der Waals surface area contributed by atoms with Crippen molar-refractivity contribution in [1.29, 1.82) is 0 Å². The number of nitrogens with one attached hydrogen (secondary N) is 2. The lowest BCUT2D eigenvalue weighted by molar-refractivity contribution is 0.969. The largest absolute Gasteiger partial charge is 0.369 e. The number of anilines is 2. The first-order chi connectivity index (χ1) is 9.86. The van der Waals surface area contributed by atoms with Crippen LogP contribution >= 0.6 is 11.3 Å². The second-order valence-electron chi connectivity index (χ2n) is 4.32. The Labute approximate surface area is 121 Å². The number of fused-ring (bicyclic) bond motifs is 1. The van der Waals surface area contributed by atoms with Gasteiger partial charge < -0.3 is 10.6 Å². The van der Waals surface area contributed by atoms with Gasteiger partial charge in [-0.3, -0.25) is 0 Å². The van der Waals surface area contributed by atoms with Crippen LogP contribution in [0.25, 0.3) is 10.9 Å². The maximum atomic E-state index is 4.49. The highest BCUT2D eigenvalue weighted by Gasteiger charge is 2.06. The average molecular weight is 285 g/mol. The highest BCUT2D eigenvalue weighted by atomic mass is 32.1. The Bertz CT molecular complexity index is 696. The third-order valence-electron chi connectivity index (χ3n) is 2.98. The predicted molar refractivity (Wildman–Crippen MR) is 83.4 cm³/mol. The zero-order valence-corrected chi connectivity index (χ0v) is 11.9. The molecule has 0 spiro atoms. The number of benzene rings is 1. The average Bonchev–Trinajstić information content (AvgIpc) is 3.00. The van der Waals surface area contributed by atoms with Gasteiger partial charge in [0.25, 0.3) is 0 Å². The lowest BCUT2D eigenvalue weighted by atomic mass is 10.2. The van der Waals surface area contributed by atoms with E-state index >= 15 is 0 Å². The van der Waals surface area contributed by atoms with E-state index in [4.69, 9.17) is 0 Å². The Morgan fingerprint density at radius 3 is 2.90 bits per heavy atom. The van der Waals surface area contributed by atoms with E-state index in [0.717, 1.165) is 35.4 Å². The summed E-state index contributed by atoms with van der Waals surface area (Å²) in [5.74, 6) is 1.48. The molecule has 0 fully saturated rings. The van der Waals surface area contributed by atoms with Crippen LogP contribution in [0.15, 0.2) is 35.2 Å². The first kappa shape index (κ1) is 12.8. The number of thiazole rings is 1. The van der Waals surface area contributed by atoms with Crippen molar-refractivity contribution in [3.8, 4) is 0 Å². The van der Waals surface area contributed by atoms with Crippen LogP contribution in [0.3, 0.4) is 0 Å². The van der Waals surface area contributed by atoms with E-state index in [0.29, 0.717) is 5.95 Å². The summed E-state index contributed by atoms with van der Waals surface area (Å²) in [6, 6.07) is 7.99. The van der Waals surface area contributed by atoms with Gasteiger partial charge in [0.1, 0.15) is 5.82 Å². The van der Waals surface area contributed by atoms with Crippen molar-refractivity contribution in [3.63, 3.8) is 0 Å². The van der Waals surface area contributed by atoms with Crippen molar-refractivity contribution in [2.45, 2.75) is 6.42 Å². The van der Waals surface area contributed by atoms with Gasteiger partial charge in [-0.25, -0.2) is 9.97 Å². The predicted octanol–water partition coefficient (Wildman–Crippen LogP) is 2.78. The fraction of sp³-hybridized carbons (Fsp3) is 0.214. The molecule has 5 nitrogen and oxygen atoms in total. The highest BCUT2D eigenvalue weighted by Crippen LogP contribution is 2.21. The molecule has 0 aliphatic heterocycles. The van der Waals surface area contributed by atoms with E-state index in [1.807, 2.05) is 36.8 Å². The minimum atomic E-state index is 0.625. The van der Waals surface area contributed by atoms with Crippen molar-refractivity contribution < 1.29 is 0 Å². The molecular formula is C14H15N5S. The summed E-state index contributed by atoms with van der Waals surface area (Å²) in [6.45, 7) is 0.799. The van der Waals surface area contributed by atoms with Crippen molar-refractivity contribution in [3.05, 3.63) is 40.8 Å². The van der Waals surface area contributed by atoms with Gasteiger partial charge in [-0.2, -0.15) is 4.98 Å². The first-order valence-corrected chi connectivity index (χ1v) is 7.36. The van der Waals surface area contributed by atoms with Crippen LogP contribution in [0.2, 0.25) is 0 Å². The summed E-state index contributed by atoms with van der Waals surface area (Å²) in [7, 11) is 1.82. The summed E-state index contributed by atoms with van der Waals surface area (Å²) in [5, 5.41) is 9.47. The minimum Gasteiger partial charge on any atom is -0.369 e. The number of hydrogen-bond donors (Lipinski definition) is 2. The van der Waals surface area contributed by atoms with E-state index in [1.54, 1.807) is 11.3 Å². The SMILES string of the molecule is CNc1nc(NCCc2cscn2)c2ccccc2n1. The molecule has 2 aromatic heterocycles. The van der Waals surface area contributed by atoms with E-state index in [1.165, 1.54) is 0 Å². The van der Waals surface area contributed by atoms with Crippen molar-refractivity contribution in [2.24, 2.45) is 0 Å². The monoisotopic (exact) mass is 285 g/mol. The minimum absolute atomic E-state index is 0.625. The maximum absolute atomic E-state index is 4.49. The lowest BCUT2D eigenvalue weighted by Crippen LogP contribution is -2.09. The second-order valence-corrected chi connectivity index (χ2v) is 5.04. The number of nitrogens with zero attached hydrogens (tertiary/aromatic N) is 3. The Kier molecular flexibility index (Phi) is 3.73. The number of aromatic nitrogens is 3. The molecule has 3 aromatic rings. The number of rotatable bonds is 5. The molecule has 0 radical (unpaired) electrons. The van der Waals surface area contributed by atoms with Gasteiger partial charge in [0.15, 0.2) is 0 Å². The molecule has 0 unspecified atom stereocenters. The zero-order chi connectivity index (χ0) is 13.8. The van der Waals surface area contributed by atoms with Crippen molar-refractivity contribution in [2.75, 3.05) is 24.2 Å². The molecule has 0 aliphatic carbocycles. The van der Waals surface area contributed by atoms with Crippen LogP contribution < -0.4 is 10.6 Å². The molecule has 0 saturated carbocycles. The topological polar surface area (TPSA) is 62.7 Å². The first-order valence-electron chi connectivity index (χ1n) is 6.42. The standard InChI is InChI=1S/C14H15N5S/c1-15-14-18-12-5-3-2-4-11(12)13(19-14)16-7-6-10-8-20-9-17-10/h2-5,8-9H,6-7H2,1H3,(H2,15,16,18,19). The zero-order valence-electron chi connectivity index (χ0n) is 11.1. The molecule has 0 aliphatic rings. The molecule has 0 saturated heterocycles. The van der Waals surface area contributed by atoms with Crippen LogP contribution in [-0.4, -0.2) is 28.5 Å². The van der Waals surface area contributed by atoms with Crippen LogP contribution in [0.4, 0.5) is 11.8 Å². The third kappa shape index (κ3) is 2.70. The highest BCUT2D eigenvalue weighted by molar-refractivity contribution is 7.07. The molecule has 0 atom stereocenters. The third-order valence-corrected chi connectivity index (χ3v) is 3.62. The molecule has 3 rings (SSSR count). The summed E-state index contributed by atoms with van der Waals surface area (Å²) >= 11 is 1.62. The summed E-state index contributed by atoms with van der Waals surface area (Å²) in [6.07, 6.45) is 0.886. The van der Waals surface area contributed by atoms with E-state index in [-0.39, 0.29) is 0 Å². The van der Waals surface area contributed by atoms with Gasteiger partial charge in [0.05, 0.1) is 16.7 Å². The molecule has 1 aromatic carbocycles. The lowest BCUT2D eigenvalue weighted by Gasteiger charge is -2.10. The fourth-order valence-corrected chi connectivity index (χ4v) is 2.59. The molecule has 102 valence electrons. The molecule has 20 heavy (non-hydrogen) atoms. The normalized spacial score (nSPS) is 10.7. The summed E-state index contributed by atoms with van der Waals surface area (Å²) in [4.78, 5) is 13.2. The van der Waals surface area contributed by atoms with Gasteiger partial charge in [-0.1, -0.05) is 12.1 Å². The van der Waals surface area contributed by atoms with Crippen molar-refractivity contribution >= 4 is 34.0 Å². The van der Waals surface area contributed by atoms with E-state index in [2.05, 4.69) is 31.0 Å². The second kappa shape index (κ2) is 5.83. The molecule has 6 heteroatoms. The number of hydrogen-bond acceptors (Lipinski definition) is 6. The van der Waals surface area contributed by atoms with Gasteiger partial charge >= 0.3 is 0 Å². The van der Waals surface area contributed by atoms with Gasteiger partial charge in [-0.15, -0.1) is 11.3 Å². The fourth-order valence-electron chi connectivity index (χ4n) is 1.99. The Hall–Kier alpha value is -2.21. The van der Waals surface area contributed by atoms with Crippen molar-refractivity contribution in [1.82, 2.24) is 15.0 Å². The summed E-state index contributed by atoms with van der Waals surface area (Å²) < 4.78 is 0. The van der Waals surface area contributed by atoms with E-state index < -0.39 is 0 Å². The quantitative estimate of drug-likeness (QED) is 0.754. The molecular weight excluding hydrogens is 270 g/mol. The van der Waals surface area contributed by atoms with Crippen LogP contribution in [0.1, 0.15) is 5.69 Å². The molecule has 2 heterocycles. The van der Waals surface area contributed by atoms with Gasteiger partial charge in [0, 0.05) is 30.8 Å². The number of para-hydroxylation sites is 1. The van der Waals surface area contributed by atoms with Gasteiger partial charge in [0.2, 0.25) is 5.95 Å². The summed E-state index contributed by atoms with van der Waals surface area (Å²) in [5.41, 5.74) is 3.90. The van der Waals surface area contributed by atoms with Crippen LogP contribution in [-0.2, 0) is 6.42 Å². The molecule has 0 bridgehead atoms. The Morgan fingerprint density at radius 1 is 1.20 bits per heavy atom.